The van der Waals surface area contributed by atoms with Crippen LogP contribution < -0.4 is 5.32 Å². The fourth-order valence-electron chi connectivity index (χ4n) is 2.92. The lowest BCUT2D eigenvalue weighted by Gasteiger charge is -2.20. The van der Waals surface area contributed by atoms with Gasteiger partial charge in [-0.3, -0.25) is 5.32 Å². The summed E-state index contributed by atoms with van der Waals surface area (Å²) in [6.45, 7) is 3.08. The number of nitrogens with one attached hydrogen (secondary N) is 1. The Hall–Kier alpha value is -1.37. The van der Waals surface area contributed by atoms with E-state index in [1.165, 1.54) is 24.8 Å². The molecule has 1 heterocycles. The highest BCUT2D eigenvalue weighted by atomic mass is 15.2. The lowest BCUT2D eigenvalue weighted by molar-refractivity contribution is 0.309. The topological polar surface area (TPSA) is 39.1 Å². The Morgan fingerprint density at radius 1 is 1.26 bits per heavy atom. The van der Waals surface area contributed by atoms with Gasteiger partial charge in [-0.05, 0) is 37.3 Å². The Balaban J connectivity index is 1.52. The van der Waals surface area contributed by atoms with E-state index in [-0.39, 0.29) is 6.04 Å². The summed E-state index contributed by atoms with van der Waals surface area (Å²) in [5, 5.41) is 12.6. The predicted octanol–water partition coefficient (Wildman–Crippen LogP) is 2.12. The molecule has 0 radical (unpaired) electrons. The summed E-state index contributed by atoms with van der Waals surface area (Å²) in [6.07, 6.45) is 3.70. The second kappa shape index (κ2) is 5.73. The molecule has 1 saturated carbocycles. The van der Waals surface area contributed by atoms with Crippen LogP contribution in [0.15, 0.2) is 30.3 Å². The maximum atomic E-state index is 9.21. The highest BCUT2D eigenvalue weighted by molar-refractivity contribution is 5.21. The third-order valence-corrected chi connectivity index (χ3v) is 4.15. The van der Waals surface area contributed by atoms with Gasteiger partial charge in [0.25, 0.3) is 0 Å². The average Bonchev–Trinajstić information content (AvgIpc) is 3.15. The van der Waals surface area contributed by atoms with E-state index >= 15 is 0 Å². The van der Waals surface area contributed by atoms with Crippen molar-refractivity contribution in [2.45, 2.75) is 37.3 Å². The zero-order chi connectivity index (χ0) is 13.1. The lowest BCUT2D eigenvalue weighted by atomic mass is 9.99. The van der Waals surface area contributed by atoms with Gasteiger partial charge in [-0.25, -0.2) is 0 Å². The van der Waals surface area contributed by atoms with Gasteiger partial charge in [0.2, 0.25) is 0 Å². The molecule has 1 aromatic rings. The fourth-order valence-corrected chi connectivity index (χ4v) is 2.92. The maximum Gasteiger partial charge on any atom is 0.108 e. The Labute approximate surface area is 115 Å². The standard InChI is InChI=1S/C16H21N3/c17-10-16(18-15-6-7-15)12-19-9-8-14(11-19)13-4-2-1-3-5-13/h1-5,14-16,18H,6-9,11-12H2. The summed E-state index contributed by atoms with van der Waals surface area (Å²) in [5.74, 6) is 0.640. The van der Waals surface area contributed by atoms with E-state index in [9.17, 15) is 5.26 Å². The van der Waals surface area contributed by atoms with Crippen molar-refractivity contribution >= 4 is 0 Å². The van der Waals surface area contributed by atoms with Crippen molar-refractivity contribution in [3.63, 3.8) is 0 Å². The van der Waals surface area contributed by atoms with Crippen LogP contribution >= 0.6 is 0 Å². The zero-order valence-corrected chi connectivity index (χ0v) is 11.3. The number of benzene rings is 1. The van der Waals surface area contributed by atoms with Crippen LogP contribution in [0.25, 0.3) is 0 Å². The molecular weight excluding hydrogens is 234 g/mol. The number of nitrogens with zero attached hydrogens (tertiary/aromatic N) is 2. The van der Waals surface area contributed by atoms with Crippen LogP contribution in [0.1, 0.15) is 30.7 Å². The number of nitriles is 1. The summed E-state index contributed by atoms with van der Waals surface area (Å²) < 4.78 is 0. The van der Waals surface area contributed by atoms with E-state index in [2.05, 4.69) is 46.6 Å². The van der Waals surface area contributed by atoms with Crippen molar-refractivity contribution in [2.75, 3.05) is 19.6 Å². The predicted molar refractivity (Wildman–Crippen MR) is 75.8 cm³/mol. The van der Waals surface area contributed by atoms with Gasteiger partial charge in [-0.1, -0.05) is 30.3 Å². The van der Waals surface area contributed by atoms with E-state index in [1.54, 1.807) is 0 Å². The van der Waals surface area contributed by atoms with Crippen LogP contribution in [-0.4, -0.2) is 36.6 Å². The van der Waals surface area contributed by atoms with E-state index in [4.69, 9.17) is 0 Å². The molecule has 1 aliphatic heterocycles. The number of likely N-dealkylation sites (tertiary alicyclic amines) is 1. The van der Waals surface area contributed by atoms with E-state index in [1.807, 2.05) is 0 Å². The first kappa shape index (κ1) is 12.7. The second-order valence-electron chi connectivity index (χ2n) is 5.78. The first-order valence-corrected chi connectivity index (χ1v) is 7.28. The largest absolute Gasteiger partial charge is 0.300 e. The van der Waals surface area contributed by atoms with Gasteiger partial charge in [0.1, 0.15) is 6.04 Å². The smallest absolute Gasteiger partial charge is 0.108 e. The zero-order valence-electron chi connectivity index (χ0n) is 11.3. The Morgan fingerprint density at radius 2 is 2.05 bits per heavy atom. The van der Waals surface area contributed by atoms with E-state index in [0.29, 0.717) is 12.0 Å². The molecule has 3 nitrogen and oxygen atoms in total. The van der Waals surface area contributed by atoms with Gasteiger partial charge >= 0.3 is 0 Å². The van der Waals surface area contributed by atoms with Crippen LogP contribution in [0, 0.1) is 11.3 Å². The lowest BCUT2D eigenvalue weighted by Crippen LogP contribution is -2.40. The highest BCUT2D eigenvalue weighted by Crippen LogP contribution is 2.27. The average molecular weight is 255 g/mol. The first-order valence-electron chi connectivity index (χ1n) is 7.28. The first-order chi connectivity index (χ1) is 9.35. The highest BCUT2D eigenvalue weighted by Gasteiger charge is 2.28. The van der Waals surface area contributed by atoms with Crippen molar-refractivity contribution in [1.82, 2.24) is 10.2 Å². The summed E-state index contributed by atoms with van der Waals surface area (Å²) in [4.78, 5) is 2.43. The minimum Gasteiger partial charge on any atom is -0.300 e. The molecular formula is C16H21N3. The van der Waals surface area contributed by atoms with Crippen molar-refractivity contribution < 1.29 is 0 Å². The van der Waals surface area contributed by atoms with Crippen LogP contribution in [0.2, 0.25) is 0 Å². The van der Waals surface area contributed by atoms with E-state index < -0.39 is 0 Å². The molecule has 2 fully saturated rings. The third kappa shape index (κ3) is 3.34. The number of rotatable bonds is 5. The van der Waals surface area contributed by atoms with Gasteiger partial charge in [0, 0.05) is 19.1 Å². The minimum absolute atomic E-state index is 0.00187. The van der Waals surface area contributed by atoms with Crippen molar-refractivity contribution in [2.24, 2.45) is 0 Å². The molecule has 2 atom stereocenters. The molecule has 1 N–H and O–H groups in total. The molecule has 1 aliphatic carbocycles. The molecule has 0 aromatic heterocycles. The molecule has 3 heteroatoms. The molecule has 19 heavy (non-hydrogen) atoms. The summed E-state index contributed by atoms with van der Waals surface area (Å²) in [7, 11) is 0. The van der Waals surface area contributed by atoms with E-state index in [0.717, 1.165) is 19.6 Å². The Bertz CT molecular complexity index is 447. The van der Waals surface area contributed by atoms with Crippen LogP contribution in [0.5, 0.6) is 0 Å². The third-order valence-electron chi connectivity index (χ3n) is 4.15. The van der Waals surface area contributed by atoms with Gasteiger partial charge < -0.3 is 4.90 Å². The molecule has 1 aromatic carbocycles. The van der Waals surface area contributed by atoms with Gasteiger partial charge in [0.15, 0.2) is 0 Å². The quantitative estimate of drug-likeness (QED) is 0.876. The SMILES string of the molecule is N#CC(CN1CCC(c2ccccc2)C1)NC1CC1. The van der Waals surface area contributed by atoms with Crippen molar-refractivity contribution in [3.05, 3.63) is 35.9 Å². The summed E-state index contributed by atoms with van der Waals surface area (Å²) >= 11 is 0. The van der Waals surface area contributed by atoms with Crippen LogP contribution in [0.4, 0.5) is 0 Å². The maximum absolute atomic E-state index is 9.21. The Morgan fingerprint density at radius 3 is 2.74 bits per heavy atom. The van der Waals surface area contributed by atoms with Crippen molar-refractivity contribution in [3.8, 4) is 6.07 Å². The van der Waals surface area contributed by atoms with Gasteiger partial charge in [-0.2, -0.15) is 5.26 Å². The minimum atomic E-state index is 0.00187. The number of hydrogen-bond donors (Lipinski definition) is 1. The molecule has 0 spiro atoms. The molecule has 2 unspecified atom stereocenters. The van der Waals surface area contributed by atoms with Crippen LogP contribution in [-0.2, 0) is 0 Å². The van der Waals surface area contributed by atoms with Crippen molar-refractivity contribution in [1.29, 1.82) is 5.26 Å². The molecule has 1 saturated heterocycles. The Kier molecular flexibility index (Phi) is 3.82. The molecule has 0 amide bonds. The monoisotopic (exact) mass is 255 g/mol. The number of hydrogen-bond acceptors (Lipinski definition) is 3. The molecule has 0 bridgehead atoms. The van der Waals surface area contributed by atoms with Gasteiger partial charge in [-0.15, -0.1) is 0 Å². The van der Waals surface area contributed by atoms with Crippen LogP contribution in [0.3, 0.4) is 0 Å². The summed E-state index contributed by atoms with van der Waals surface area (Å²) in [5.41, 5.74) is 1.44. The molecule has 2 aliphatic rings. The summed E-state index contributed by atoms with van der Waals surface area (Å²) in [6, 6.07) is 13.8. The fraction of sp³-hybridized carbons (Fsp3) is 0.562. The van der Waals surface area contributed by atoms with Gasteiger partial charge in [0.05, 0.1) is 6.07 Å². The second-order valence-corrected chi connectivity index (χ2v) is 5.78. The molecule has 100 valence electrons. The molecule has 3 rings (SSSR count). The normalized spacial score (nSPS) is 25.1.